The minimum Gasteiger partial charge on any atom is -0.459 e. The Bertz CT molecular complexity index is 838. The van der Waals surface area contributed by atoms with Crippen molar-refractivity contribution in [1.82, 2.24) is 0 Å². The molecule has 1 N–H and O–H groups in total. The van der Waals surface area contributed by atoms with Crippen molar-refractivity contribution in [2.75, 3.05) is 0 Å². The Kier molecular flexibility index (Phi) is 5.90. The lowest BCUT2D eigenvalue weighted by molar-refractivity contribution is -0.187. The van der Waals surface area contributed by atoms with Crippen molar-refractivity contribution in [3.05, 3.63) is 53.6 Å². The van der Waals surface area contributed by atoms with Crippen molar-refractivity contribution >= 4 is 24.6 Å². The molecule has 1 aromatic rings. The second-order valence-electron chi connectivity index (χ2n) is 8.93. The second-order valence-corrected chi connectivity index (χ2v) is 8.93. The second kappa shape index (κ2) is 8.07. The molecule has 0 saturated heterocycles. The standard InChI is InChI=1S/C24H28O5/c1-23(2)12-11-20(29-21(28)10-9-16-7-5-4-6-8-16)24(3)18(15-26)17(14-25)13-19(27)22(23)24/h4-10,13-15,18-20,22,27H,11-12H2,1-3H3. The van der Waals surface area contributed by atoms with E-state index in [1.165, 1.54) is 12.2 Å². The van der Waals surface area contributed by atoms with Gasteiger partial charge in [-0.2, -0.15) is 0 Å². The van der Waals surface area contributed by atoms with Crippen LogP contribution in [-0.2, 0) is 19.1 Å². The number of hydrogen-bond acceptors (Lipinski definition) is 5. The number of carbonyl (C=O) groups excluding carboxylic acids is 3. The number of esters is 1. The summed E-state index contributed by atoms with van der Waals surface area (Å²) < 4.78 is 5.81. The molecule has 0 radical (unpaired) electrons. The van der Waals surface area contributed by atoms with Crippen LogP contribution in [-0.4, -0.2) is 35.9 Å². The summed E-state index contributed by atoms with van der Waals surface area (Å²) in [6, 6.07) is 9.42. The van der Waals surface area contributed by atoms with Gasteiger partial charge in [-0.3, -0.25) is 4.79 Å². The fraction of sp³-hybridized carbons (Fsp3) is 0.458. The van der Waals surface area contributed by atoms with E-state index in [1.807, 2.05) is 51.1 Å². The molecule has 1 fully saturated rings. The number of ether oxygens (including phenoxy) is 1. The number of aliphatic hydroxyl groups is 1. The van der Waals surface area contributed by atoms with E-state index in [1.54, 1.807) is 6.08 Å². The monoisotopic (exact) mass is 396 g/mol. The Balaban J connectivity index is 1.92. The molecular formula is C24H28O5. The Hall–Kier alpha value is -2.53. The summed E-state index contributed by atoms with van der Waals surface area (Å²) in [5, 5.41) is 10.8. The first-order valence-corrected chi connectivity index (χ1v) is 9.98. The molecule has 2 aliphatic rings. The summed E-state index contributed by atoms with van der Waals surface area (Å²) in [4.78, 5) is 36.1. The number of rotatable bonds is 5. The predicted octanol–water partition coefficient (Wildman–Crippen LogP) is 3.37. The molecule has 1 saturated carbocycles. The molecular weight excluding hydrogens is 368 g/mol. The fourth-order valence-corrected chi connectivity index (χ4v) is 5.42. The molecule has 0 amide bonds. The smallest absolute Gasteiger partial charge is 0.331 e. The van der Waals surface area contributed by atoms with E-state index < -0.39 is 29.5 Å². The summed E-state index contributed by atoms with van der Waals surface area (Å²) in [6.45, 7) is 5.96. The molecule has 5 atom stereocenters. The number of aldehydes is 2. The summed E-state index contributed by atoms with van der Waals surface area (Å²) in [5.41, 5.74) is -0.0130. The topological polar surface area (TPSA) is 80.7 Å². The Morgan fingerprint density at radius 1 is 1.17 bits per heavy atom. The molecule has 5 unspecified atom stereocenters. The predicted molar refractivity (Wildman–Crippen MR) is 110 cm³/mol. The molecule has 0 aliphatic heterocycles. The average Bonchev–Trinajstić information content (AvgIpc) is 2.68. The van der Waals surface area contributed by atoms with Crippen molar-refractivity contribution in [2.24, 2.45) is 22.7 Å². The SMILES string of the molecule is CC1(C)CCC(OC(=O)C=Cc2ccccc2)C2(C)C(C=O)C(C=O)=CC(O)C12. The Labute approximate surface area is 171 Å². The van der Waals surface area contributed by atoms with E-state index >= 15 is 0 Å². The van der Waals surface area contributed by atoms with E-state index in [0.29, 0.717) is 12.7 Å². The van der Waals surface area contributed by atoms with Crippen LogP contribution in [0.4, 0.5) is 0 Å². The van der Waals surface area contributed by atoms with Crippen LogP contribution in [0.5, 0.6) is 0 Å². The highest BCUT2D eigenvalue weighted by atomic mass is 16.5. The van der Waals surface area contributed by atoms with Crippen molar-refractivity contribution < 1.29 is 24.2 Å². The van der Waals surface area contributed by atoms with Crippen LogP contribution in [0.15, 0.2) is 48.1 Å². The normalized spacial score (nSPS) is 33.4. The van der Waals surface area contributed by atoms with Crippen molar-refractivity contribution in [1.29, 1.82) is 0 Å². The third-order valence-corrected chi connectivity index (χ3v) is 6.73. The highest BCUT2D eigenvalue weighted by Gasteiger charge is 2.61. The van der Waals surface area contributed by atoms with Crippen LogP contribution in [0.2, 0.25) is 0 Å². The Morgan fingerprint density at radius 2 is 1.86 bits per heavy atom. The molecule has 2 aliphatic carbocycles. The highest BCUT2D eigenvalue weighted by Crippen LogP contribution is 2.59. The van der Waals surface area contributed by atoms with Crippen LogP contribution in [0.3, 0.4) is 0 Å². The van der Waals surface area contributed by atoms with Gasteiger partial charge in [-0.15, -0.1) is 0 Å². The number of aliphatic hydroxyl groups excluding tert-OH is 1. The lowest BCUT2D eigenvalue weighted by atomic mass is 9.47. The number of benzene rings is 1. The number of carbonyl (C=O) groups is 3. The summed E-state index contributed by atoms with van der Waals surface area (Å²) in [7, 11) is 0. The van der Waals surface area contributed by atoms with Crippen LogP contribution >= 0.6 is 0 Å². The lowest BCUT2D eigenvalue weighted by Crippen LogP contribution is -2.61. The lowest BCUT2D eigenvalue weighted by Gasteiger charge is -2.59. The third-order valence-electron chi connectivity index (χ3n) is 6.73. The molecule has 0 aromatic heterocycles. The number of hydrogen-bond donors (Lipinski definition) is 1. The van der Waals surface area contributed by atoms with Gasteiger partial charge in [0.1, 0.15) is 18.7 Å². The highest BCUT2D eigenvalue weighted by molar-refractivity contribution is 5.87. The molecule has 5 nitrogen and oxygen atoms in total. The molecule has 0 spiro atoms. The first kappa shape index (κ1) is 21.2. The van der Waals surface area contributed by atoms with Crippen molar-refractivity contribution in [2.45, 2.75) is 45.8 Å². The number of allylic oxidation sites excluding steroid dienone is 1. The van der Waals surface area contributed by atoms with Gasteiger partial charge in [0.25, 0.3) is 0 Å². The molecule has 5 heteroatoms. The molecule has 154 valence electrons. The zero-order chi connectivity index (χ0) is 21.2. The van der Waals surface area contributed by atoms with Crippen LogP contribution in [0.1, 0.15) is 39.2 Å². The zero-order valence-electron chi connectivity index (χ0n) is 17.1. The van der Waals surface area contributed by atoms with E-state index in [-0.39, 0.29) is 16.9 Å². The first-order valence-electron chi connectivity index (χ1n) is 9.98. The van der Waals surface area contributed by atoms with Gasteiger partial charge in [0, 0.05) is 23.0 Å². The van der Waals surface area contributed by atoms with Gasteiger partial charge in [0.05, 0.1) is 12.0 Å². The minimum atomic E-state index is -0.882. The van der Waals surface area contributed by atoms with Gasteiger partial charge in [-0.05, 0) is 36.0 Å². The van der Waals surface area contributed by atoms with Crippen LogP contribution < -0.4 is 0 Å². The van der Waals surface area contributed by atoms with Crippen LogP contribution in [0.25, 0.3) is 6.08 Å². The van der Waals surface area contributed by atoms with Gasteiger partial charge in [-0.1, -0.05) is 51.1 Å². The first-order chi connectivity index (χ1) is 13.7. The Morgan fingerprint density at radius 3 is 2.48 bits per heavy atom. The maximum absolute atomic E-state index is 12.5. The maximum Gasteiger partial charge on any atom is 0.331 e. The third kappa shape index (κ3) is 3.84. The molecule has 0 bridgehead atoms. The molecule has 3 rings (SSSR count). The number of fused-ring (bicyclic) bond motifs is 1. The maximum atomic E-state index is 12.5. The van der Waals surface area contributed by atoms with Gasteiger partial charge in [0.15, 0.2) is 0 Å². The summed E-state index contributed by atoms with van der Waals surface area (Å²) in [6.07, 6.45) is 5.75. The summed E-state index contributed by atoms with van der Waals surface area (Å²) in [5.74, 6) is -1.55. The van der Waals surface area contributed by atoms with Gasteiger partial charge >= 0.3 is 5.97 Å². The van der Waals surface area contributed by atoms with Crippen molar-refractivity contribution in [3.63, 3.8) is 0 Å². The molecule has 29 heavy (non-hydrogen) atoms. The fourth-order valence-electron chi connectivity index (χ4n) is 5.42. The van der Waals surface area contributed by atoms with E-state index in [4.69, 9.17) is 4.74 Å². The molecule has 0 heterocycles. The largest absolute Gasteiger partial charge is 0.459 e. The van der Waals surface area contributed by atoms with Gasteiger partial charge < -0.3 is 14.6 Å². The molecule has 1 aromatic carbocycles. The van der Waals surface area contributed by atoms with Gasteiger partial charge in [-0.25, -0.2) is 4.79 Å². The van der Waals surface area contributed by atoms with E-state index in [9.17, 15) is 19.5 Å². The van der Waals surface area contributed by atoms with E-state index in [2.05, 4.69) is 0 Å². The average molecular weight is 396 g/mol. The quantitative estimate of drug-likeness (QED) is 0.469. The van der Waals surface area contributed by atoms with Crippen LogP contribution in [0, 0.1) is 22.7 Å². The van der Waals surface area contributed by atoms with Crippen molar-refractivity contribution in [3.8, 4) is 0 Å². The minimum absolute atomic E-state index is 0.254. The summed E-state index contributed by atoms with van der Waals surface area (Å²) >= 11 is 0. The van der Waals surface area contributed by atoms with E-state index in [0.717, 1.165) is 18.3 Å². The zero-order valence-corrected chi connectivity index (χ0v) is 17.1. The van der Waals surface area contributed by atoms with Gasteiger partial charge in [0.2, 0.25) is 0 Å².